The third kappa shape index (κ3) is 3.01. The predicted octanol–water partition coefficient (Wildman–Crippen LogP) is 1.10. The molecule has 86 valence electrons. The molecule has 6 heteroatoms. The molecule has 0 fully saturated rings. The van der Waals surface area contributed by atoms with Gasteiger partial charge < -0.3 is 9.84 Å². The molecule has 1 heterocycles. The summed E-state index contributed by atoms with van der Waals surface area (Å²) in [5, 5.41) is 8.83. The fourth-order valence-corrected chi connectivity index (χ4v) is 1.06. The Labute approximate surface area is 91.6 Å². The highest BCUT2D eigenvalue weighted by molar-refractivity contribution is 5.88. The van der Waals surface area contributed by atoms with Crippen LogP contribution in [0.25, 0.3) is 0 Å². The zero-order valence-electron chi connectivity index (χ0n) is 8.68. The molecule has 1 aromatic heterocycles. The van der Waals surface area contributed by atoms with Crippen molar-refractivity contribution in [3.05, 3.63) is 35.6 Å². The van der Waals surface area contributed by atoms with Gasteiger partial charge in [-0.05, 0) is 5.56 Å². The Hall–Kier alpha value is -1.98. The topological polar surface area (TPSA) is 72.3 Å². The highest BCUT2D eigenvalue weighted by Crippen LogP contribution is 2.07. The molecular formula is C10H11FN2O3. The van der Waals surface area contributed by atoms with Crippen molar-refractivity contribution in [2.45, 2.75) is 13.1 Å². The Morgan fingerprint density at radius 2 is 2.19 bits per heavy atom. The van der Waals surface area contributed by atoms with E-state index >= 15 is 0 Å². The van der Waals surface area contributed by atoms with E-state index < -0.39 is 12.6 Å². The molecule has 0 aliphatic carbocycles. The van der Waals surface area contributed by atoms with E-state index in [4.69, 9.17) is 5.11 Å². The molecule has 0 saturated carbocycles. The zero-order chi connectivity index (χ0) is 12.0. The third-order valence-electron chi connectivity index (χ3n) is 1.88. The molecule has 5 nitrogen and oxygen atoms in total. The summed E-state index contributed by atoms with van der Waals surface area (Å²) in [6, 6.07) is 0. The van der Waals surface area contributed by atoms with Crippen LogP contribution in [0.15, 0.2) is 24.2 Å². The molecule has 0 unspecified atom stereocenters. The number of ether oxygens (including phenoxy) is 1. The highest BCUT2D eigenvalue weighted by atomic mass is 19.1. The van der Waals surface area contributed by atoms with Gasteiger partial charge in [-0.1, -0.05) is 0 Å². The molecule has 0 amide bonds. The molecule has 0 aliphatic heterocycles. The summed E-state index contributed by atoms with van der Waals surface area (Å²) in [6.07, 6.45) is 3.60. The fourth-order valence-electron chi connectivity index (χ4n) is 1.06. The standard InChI is InChI=1S/C10H11FN2O3/c1-16-10(15)8(6-14)2-7-4-12-9(3-11)13-5-7/h4-6,14H,2-3H2,1H3/b8-6-. The number of nitrogens with zero attached hydrogens (tertiary/aromatic N) is 2. The first kappa shape index (κ1) is 12.1. The van der Waals surface area contributed by atoms with Crippen LogP contribution in [-0.4, -0.2) is 28.2 Å². The van der Waals surface area contributed by atoms with Gasteiger partial charge in [0, 0.05) is 18.8 Å². The second-order valence-electron chi connectivity index (χ2n) is 2.96. The summed E-state index contributed by atoms with van der Waals surface area (Å²) in [5.41, 5.74) is 0.669. The van der Waals surface area contributed by atoms with Gasteiger partial charge in [0.25, 0.3) is 0 Å². The van der Waals surface area contributed by atoms with Gasteiger partial charge in [0.1, 0.15) is 6.67 Å². The number of aliphatic hydroxyl groups is 1. The van der Waals surface area contributed by atoms with E-state index in [0.29, 0.717) is 11.8 Å². The number of methoxy groups -OCH3 is 1. The Morgan fingerprint density at radius 1 is 1.56 bits per heavy atom. The lowest BCUT2D eigenvalue weighted by atomic mass is 10.1. The van der Waals surface area contributed by atoms with Gasteiger partial charge in [0.2, 0.25) is 0 Å². The van der Waals surface area contributed by atoms with Gasteiger partial charge in [-0.25, -0.2) is 19.2 Å². The smallest absolute Gasteiger partial charge is 0.337 e. The number of carbonyl (C=O) groups excluding carboxylic acids is 1. The summed E-state index contributed by atoms with van der Waals surface area (Å²) in [7, 11) is 1.22. The number of hydrogen-bond acceptors (Lipinski definition) is 5. The quantitative estimate of drug-likeness (QED) is 0.473. The minimum Gasteiger partial charge on any atom is -0.515 e. The SMILES string of the molecule is COC(=O)/C(=C\O)Cc1cnc(CF)nc1. The maximum atomic E-state index is 12.1. The summed E-state index contributed by atoms with van der Waals surface area (Å²) >= 11 is 0. The maximum Gasteiger partial charge on any atom is 0.337 e. The molecule has 0 bridgehead atoms. The van der Waals surface area contributed by atoms with Gasteiger partial charge in [-0.2, -0.15) is 0 Å². The first-order valence-corrected chi connectivity index (χ1v) is 4.48. The van der Waals surface area contributed by atoms with Crippen LogP contribution in [0, 0.1) is 0 Å². The minimum absolute atomic E-state index is 0.0800. The maximum absolute atomic E-state index is 12.1. The van der Waals surface area contributed by atoms with Crippen LogP contribution >= 0.6 is 0 Å². The van der Waals surface area contributed by atoms with Crippen molar-refractivity contribution in [3.8, 4) is 0 Å². The van der Waals surface area contributed by atoms with Crippen LogP contribution in [0.4, 0.5) is 4.39 Å². The van der Waals surface area contributed by atoms with Crippen molar-refractivity contribution in [3.63, 3.8) is 0 Å². The lowest BCUT2D eigenvalue weighted by molar-refractivity contribution is -0.136. The molecule has 0 spiro atoms. The Morgan fingerprint density at radius 3 is 2.62 bits per heavy atom. The average Bonchev–Trinajstić information content (AvgIpc) is 2.35. The van der Waals surface area contributed by atoms with Crippen LogP contribution in [-0.2, 0) is 22.6 Å². The number of halogens is 1. The van der Waals surface area contributed by atoms with Crippen LogP contribution in [0.3, 0.4) is 0 Å². The first-order chi connectivity index (χ1) is 7.71. The molecule has 0 radical (unpaired) electrons. The van der Waals surface area contributed by atoms with Crippen LogP contribution < -0.4 is 0 Å². The third-order valence-corrected chi connectivity index (χ3v) is 1.88. The van der Waals surface area contributed by atoms with Gasteiger partial charge in [-0.15, -0.1) is 0 Å². The number of rotatable bonds is 4. The second-order valence-corrected chi connectivity index (χ2v) is 2.96. The van der Waals surface area contributed by atoms with Gasteiger partial charge >= 0.3 is 5.97 Å². The molecule has 16 heavy (non-hydrogen) atoms. The van der Waals surface area contributed by atoms with Crippen LogP contribution in [0.2, 0.25) is 0 Å². The molecule has 0 saturated heterocycles. The van der Waals surface area contributed by atoms with Crippen molar-refractivity contribution >= 4 is 5.97 Å². The Balaban J connectivity index is 2.75. The molecule has 0 aromatic carbocycles. The van der Waals surface area contributed by atoms with Crippen LogP contribution in [0.1, 0.15) is 11.4 Å². The predicted molar refractivity (Wildman–Crippen MR) is 53.3 cm³/mol. The van der Waals surface area contributed by atoms with E-state index in [9.17, 15) is 9.18 Å². The molecule has 0 aliphatic rings. The number of aromatic nitrogens is 2. The highest BCUT2D eigenvalue weighted by Gasteiger charge is 2.11. The summed E-state index contributed by atoms with van der Waals surface area (Å²) in [4.78, 5) is 18.6. The Kier molecular flexibility index (Phi) is 4.38. The lowest BCUT2D eigenvalue weighted by Crippen LogP contribution is -2.08. The number of carbonyl (C=O) groups is 1. The number of alkyl halides is 1. The number of hydrogen-bond donors (Lipinski definition) is 1. The number of aliphatic hydroxyl groups excluding tert-OH is 1. The van der Waals surface area contributed by atoms with E-state index in [-0.39, 0.29) is 17.8 Å². The van der Waals surface area contributed by atoms with E-state index in [0.717, 1.165) is 0 Å². The van der Waals surface area contributed by atoms with Crippen molar-refractivity contribution in [1.82, 2.24) is 9.97 Å². The zero-order valence-corrected chi connectivity index (χ0v) is 8.68. The molecule has 1 aromatic rings. The second kappa shape index (κ2) is 5.79. The minimum atomic E-state index is -0.736. The van der Waals surface area contributed by atoms with Crippen molar-refractivity contribution in [2.24, 2.45) is 0 Å². The van der Waals surface area contributed by atoms with Gasteiger partial charge in [-0.3, -0.25) is 0 Å². The van der Waals surface area contributed by atoms with Crippen molar-refractivity contribution < 1.29 is 19.0 Å². The monoisotopic (exact) mass is 226 g/mol. The summed E-state index contributed by atoms with van der Waals surface area (Å²) in [6.45, 7) is -0.736. The molecule has 1 N–H and O–H groups in total. The normalized spacial score (nSPS) is 11.2. The largest absolute Gasteiger partial charge is 0.515 e. The van der Waals surface area contributed by atoms with Gasteiger partial charge in [0.15, 0.2) is 5.82 Å². The fraction of sp³-hybridized carbons (Fsp3) is 0.300. The Bertz CT molecular complexity index is 390. The summed E-state index contributed by atoms with van der Waals surface area (Å²) in [5.74, 6) is -0.548. The summed E-state index contributed by atoms with van der Waals surface area (Å²) < 4.78 is 16.6. The van der Waals surface area contributed by atoms with E-state index in [1.807, 2.05) is 0 Å². The van der Waals surface area contributed by atoms with Crippen molar-refractivity contribution in [1.29, 1.82) is 0 Å². The first-order valence-electron chi connectivity index (χ1n) is 4.48. The van der Waals surface area contributed by atoms with Gasteiger partial charge in [0.05, 0.1) is 18.9 Å². The number of esters is 1. The van der Waals surface area contributed by atoms with E-state index in [1.165, 1.54) is 19.5 Å². The van der Waals surface area contributed by atoms with Crippen molar-refractivity contribution in [2.75, 3.05) is 7.11 Å². The molecule has 0 atom stereocenters. The molecular weight excluding hydrogens is 215 g/mol. The molecule has 1 rings (SSSR count). The van der Waals surface area contributed by atoms with E-state index in [2.05, 4.69) is 14.7 Å². The lowest BCUT2D eigenvalue weighted by Gasteiger charge is -2.03. The van der Waals surface area contributed by atoms with Crippen LogP contribution in [0.5, 0.6) is 0 Å². The average molecular weight is 226 g/mol. The van der Waals surface area contributed by atoms with E-state index in [1.54, 1.807) is 0 Å².